The lowest BCUT2D eigenvalue weighted by molar-refractivity contribution is -0.117. The van der Waals surface area contributed by atoms with E-state index in [-0.39, 0.29) is 12.5 Å². The SMILES string of the molecule is CCc1cccc(C)c1NC(=O)CN(CC)CC(C)(C)O. The second-order valence-electron chi connectivity index (χ2n) is 6.13. The average molecular weight is 292 g/mol. The molecule has 4 heteroatoms. The lowest BCUT2D eigenvalue weighted by Crippen LogP contribution is -2.42. The van der Waals surface area contributed by atoms with Gasteiger partial charge in [-0.15, -0.1) is 0 Å². The van der Waals surface area contributed by atoms with Gasteiger partial charge in [0.15, 0.2) is 0 Å². The second kappa shape index (κ2) is 7.57. The lowest BCUT2D eigenvalue weighted by atomic mass is 10.1. The fourth-order valence-electron chi connectivity index (χ4n) is 2.41. The number of anilines is 1. The van der Waals surface area contributed by atoms with Crippen LogP contribution in [0.4, 0.5) is 5.69 Å². The maximum Gasteiger partial charge on any atom is 0.238 e. The van der Waals surface area contributed by atoms with Gasteiger partial charge in [-0.05, 0) is 44.9 Å². The number of rotatable bonds is 7. The number of hydrogen-bond acceptors (Lipinski definition) is 3. The average Bonchev–Trinajstić information content (AvgIpc) is 2.38. The van der Waals surface area contributed by atoms with Crippen molar-refractivity contribution in [2.45, 2.75) is 46.6 Å². The highest BCUT2D eigenvalue weighted by atomic mass is 16.3. The van der Waals surface area contributed by atoms with Crippen LogP contribution in [0.2, 0.25) is 0 Å². The molecule has 118 valence electrons. The van der Waals surface area contributed by atoms with E-state index in [9.17, 15) is 9.90 Å². The summed E-state index contributed by atoms with van der Waals surface area (Å²) >= 11 is 0. The van der Waals surface area contributed by atoms with E-state index in [1.807, 2.05) is 36.9 Å². The number of aliphatic hydroxyl groups is 1. The van der Waals surface area contributed by atoms with E-state index in [1.54, 1.807) is 13.8 Å². The van der Waals surface area contributed by atoms with Crippen LogP contribution in [0.5, 0.6) is 0 Å². The van der Waals surface area contributed by atoms with Crippen LogP contribution in [0, 0.1) is 6.92 Å². The molecule has 0 heterocycles. The zero-order chi connectivity index (χ0) is 16.0. The summed E-state index contributed by atoms with van der Waals surface area (Å²) in [5, 5.41) is 12.9. The largest absolute Gasteiger partial charge is 0.389 e. The van der Waals surface area contributed by atoms with E-state index in [2.05, 4.69) is 12.2 Å². The maximum atomic E-state index is 12.3. The Morgan fingerprint density at radius 2 is 2.00 bits per heavy atom. The molecule has 0 aliphatic heterocycles. The van der Waals surface area contributed by atoms with Gasteiger partial charge in [0, 0.05) is 12.2 Å². The topological polar surface area (TPSA) is 52.6 Å². The molecule has 1 aromatic carbocycles. The van der Waals surface area contributed by atoms with Crippen molar-refractivity contribution in [2.24, 2.45) is 0 Å². The molecule has 0 fully saturated rings. The standard InChI is InChI=1S/C17H28N2O2/c1-6-14-10-8-9-13(3)16(14)18-15(20)11-19(7-2)12-17(4,5)21/h8-10,21H,6-7,11-12H2,1-5H3,(H,18,20). The molecule has 0 radical (unpaired) electrons. The van der Waals surface area contributed by atoms with E-state index in [0.29, 0.717) is 6.54 Å². The van der Waals surface area contributed by atoms with E-state index in [1.165, 1.54) is 0 Å². The molecule has 0 aliphatic carbocycles. The molecular formula is C17H28N2O2. The molecule has 0 atom stereocenters. The Bertz CT molecular complexity index is 478. The molecule has 0 aromatic heterocycles. The predicted molar refractivity (Wildman–Crippen MR) is 87.6 cm³/mol. The number of carbonyl (C=O) groups excluding carboxylic acids is 1. The minimum absolute atomic E-state index is 0.0369. The number of likely N-dealkylation sites (N-methyl/N-ethyl adjacent to an activating group) is 1. The first-order valence-electron chi connectivity index (χ1n) is 7.60. The fourth-order valence-corrected chi connectivity index (χ4v) is 2.41. The molecular weight excluding hydrogens is 264 g/mol. The van der Waals surface area contributed by atoms with Crippen LogP contribution in [0.3, 0.4) is 0 Å². The molecule has 2 N–H and O–H groups in total. The zero-order valence-electron chi connectivity index (χ0n) is 13.9. The Balaban J connectivity index is 2.73. The van der Waals surface area contributed by atoms with Crippen LogP contribution in [0.25, 0.3) is 0 Å². The Hall–Kier alpha value is -1.39. The normalized spacial score (nSPS) is 11.8. The fraction of sp³-hybridized carbons (Fsp3) is 0.588. The van der Waals surface area contributed by atoms with Gasteiger partial charge in [-0.3, -0.25) is 9.69 Å². The monoisotopic (exact) mass is 292 g/mol. The van der Waals surface area contributed by atoms with Crippen LogP contribution in [0.1, 0.15) is 38.8 Å². The smallest absolute Gasteiger partial charge is 0.238 e. The molecule has 4 nitrogen and oxygen atoms in total. The van der Waals surface area contributed by atoms with Crippen LogP contribution in [-0.4, -0.2) is 41.1 Å². The second-order valence-corrected chi connectivity index (χ2v) is 6.13. The van der Waals surface area contributed by atoms with Crippen LogP contribution < -0.4 is 5.32 Å². The number of benzene rings is 1. The first kappa shape index (κ1) is 17.7. The number of hydrogen-bond donors (Lipinski definition) is 2. The summed E-state index contributed by atoms with van der Waals surface area (Å²) in [5.74, 6) is -0.0369. The van der Waals surface area contributed by atoms with Crippen LogP contribution in [0.15, 0.2) is 18.2 Å². The van der Waals surface area contributed by atoms with Gasteiger partial charge in [-0.1, -0.05) is 32.0 Å². The van der Waals surface area contributed by atoms with Crippen molar-refractivity contribution in [2.75, 3.05) is 25.0 Å². The number of carbonyl (C=O) groups is 1. The third-order valence-corrected chi connectivity index (χ3v) is 3.43. The van der Waals surface area contributed by atoms with Crippen molar-refractivity contribution in [3.8, 4) is 0 Å². The maximum absolute atomic E-state index is 12.3. The number of nitrogens with one attached hydrogen (secondary N) is 1. The molecule has 0 bridgehead atoms. The van der Waals surface area contributed by atoms with Crippen molar-refractivity contribution < 1.29 is 9.90 Å². The van der Waals surface area contributed by atoms with E-state index < -0.39 is 5.60 Å². The molecule has 1 rings (SSSR count). The molecule has 0 saturated carbocycles. The number of nitrogens with zero attached hydrogens (tertiary/aromatic N) is 1. The minimum Gasteiger partial charge on any atom is -0.389 e. The first-order chi connectivity index (χ1) is 9.76. The van der Waals surface area contributed by atoms with E-state index in [0.717, 1.165) is 29.8 Å². The summed E-state index contributed by atoms with van der Waals surface area (Å²) in [5.41, 5.74) is 2.35. The molecule has 1 aromatic rings. The third kappa shape index (κ3) is 5.86. The molecule has 21 heavy (non-hydrogen) atoms. The molecule has 0 saturated heterocycles. The molecule has 0 aliphatic rings. The zero-order valence-corrected chi connectivity index (χ0v) is 13.9. The lowest BCUT2D eigenvalue weighted by Gasteiger charge is -2.27. The van der Waals surface area contributed by atoms with Crippen molar-refractivity contribution in [3.63, 3.8) is 0 Å². The Labute approximate surface area is 128 Å². The van der Waals surface area contributed by atoms with Crippen molar-refractivity contribution >= 4 is 11.6 Å². The molecule has 0 unspecified atom stereocenters. The van der Waals surface area contributed by atoms with Gasteiger partial charge in [0.1, 0.15) is 0 Å². The highest BCUT2D eigenvalue weighted by Gasteiger charge is 2.19. The van der Waals surface area contributed by atoms with Gasteiger partial charge in [-0.25, -0.2) is 0 Å². The first-order valence-corrected chi connectivity index (χ1v) is 7.60. The number of amides is 1. The highest BCUT2D eigenvalue weighted by Crippen LogP contribution is 2.21. The van der Waals surface area contributed by atoms with Gasteiger partial charge >= 0.3 is 0 Å². The quantitative estimate of drug-likeness (QED) is 0.812. The van der Waals surface area contributed by atoms with Gasteiger partial charge in [0.2, 0.25) is 5.91 Å². The third-order valence-electron chi connectivity index (χ3n) is 3.43. The predicted octanol–water partition coefficient (Wildman–Crippen LogP) is 2.59. The summed E-state index contributed by atoms with van der Waals surface area (Å²) in [6.07, 6.45) is 0.887. The Morgan fingerprint density at radius 3 is 2.52 bits per heavy atom. The van der Waals surface area contributed by atoms with Crippen molar-refractivity contribution in [1.29, 1.82) is 0 Å². The number of para-hydroxylation sites is 1. The summed E-state index contributed by atoms with van der Waals surface area (Å²) < 4.78 is 0. The van der Waals surface area contributed by atoms with E-state index in [4.69, 9.17) is 0 Å². The van der Waals surface area contributed by atoms with Crippen molar-refractivity contribution in [1.82, 2.24) is 4.90 Å². The Morgan fingerprint density at radius 1 is 1.33 bits per heavy atom. The van der Waals surface area contributed by atoms with Gasteiger partial charge in [0.05, 0.1) is 12.1 Å². The van der Waals surface area contributed by atoms with Crippen LogP contribution in [-0.2, 0) is 11.2 Å². The summed E-state index contributed by atoms with van der Waals surface area (Å²) in [4.78, 5) is 14.2. The van der Waals surface area contributed by atoms with Gasteiger partial charge in [-0.2, -0.15) is 0 Å². The summed E-state index contributed by atoms with van der Waals surface area (Å²) in [6.45, 7) is 11.1. The summed E-state index contributed by atoms with van der Waals surface area (Å²) in [6, 6.07) is 6.05. The van der Waals surface area contributed by atoms with Crippen LogP contribution >= 0.6 is 0 Å². The minimum atomic E-state index is -0.798. The van der Waals surface area contributed by atoms with Gasteiger partial charge < -0.3 is 10.4 Å². The van der Waals surface area contributed by atoms with Gasteiger partial charge in [0.25, 0.3) is 0 Å². The van der Waals surface area contributed by atoms with Crippen molar-refractivity contribution in [3.05, 3.63) is 29.3 Å². The molecule has 0 spiro atoms. The molecule has 1 amide bonds. The number of aryl methyl sites for hydroxylation is 2. The Kier molecular flexibility index (Phi) is 6.37. The van der Waals surface area contributed by atoms with E-state index >= 15 is 0 Å². The summed E-state index contributed by atoms with van der Waals surface area (Å²) in [7, 11) is 0. The highest BCUT2D eigenvalue weighted by molar-refractivity contribution is 5.93.